The van der Waals surface area contributed by atoms with Crippen molar-refractivity contribution in [3.05, 3.63) is 35.9 Å². The van der Waals surface area contributed by atoms with Crippen LogP contribution in [0, 0.1) is 11.3 Å². The smallest absolute Gasteiger partial charge is 0.313 e. The van der Waals surface area contributed by atoms with Crippen LogP contribution in [0.3, 0.4) is 0 Å². The summed E-state index contributed by atoms with van der Waals surface area (Å²) in [5.41, 5.74) is 1.13. The Morgan fingerprint density at radius 1 is 1.44 bits per heavy atom. The van der Waals surface area contributed by atoms with Gasteiger partial charge in [0.1, 0.15) is 0 Å². The van der Waals surface area contributed by atoms with E-state index in [0.29, 0.717) is 5.92 Å². The molecule has 0 N–H and O–H groups in total. The van der Waals surface area contributed by atoms with Gasteiger partial charge in [0.05, 0.1) is 12.5 Å². The highest BCUT2D eigenvalue weighted by Gasteiger charge is 2.58. The molecule has 3 heteroatoms. The zero-order chi connectivity index (χ0) is 12.6. The molecule has 1 saturated heterocycles. The van der Waals surface area contributed by atoms with Crippen LogP contribution in [-0.4, -0.2) is 31.1 Å². The van der Waals surface area contributed by atoms with Crippen molar-refractivity contribution in [2.24, 2.45) is 11.3 Å². The van der Waals surface area contributed by atoms with Crippen molar-refractivity contribution in [2.75, 3.05) is 20.2 Å². The third kappa shape index (κ3) is 1.74. The number of ether oxygens (including phenoxy) is 1. The molecule has 1 aliphatic carbocycles. The summed E-state index contributed by atoms with van der Waals surface area (Å²) in [5.74, 6) is 0.503. The molecule has 2 atom stereocenters. The molecule has 1 aromatic rings. The van der Waals surface area contributed by atoms with Crippen LogP contribution < -0.4 is 0 Å². The lowest BCUT2D eigenvalue weighted by atomic mass is 9.62. The van der Waals surface area contributed by atoms with E-state index < -0.39 is 0 Å². The van der Waals surface area contributed by atoms with Crippen LogP contribution in [-0.2, 0) is 16.1 Å². The molecule has 96 valence electrons. The van der Waals surface area contributed by atoms with Gasteiger partial charge in [-0.1, -0.05) is 30.3 Å². The Hall–Kier alpha value is -1.35. The molecular weight excluding hydrogens is 226 g/mol. The number of methoxy groups -OCH3 is 1. The number of carbonyl (C=O) groups excluding carboxylic acids is 1. The highest BCUT2D eigenvalue weighted by molar-refractivity contribution is 5.79. The van der Waals surface area contributed by atoms with Gasteiger partial charge in [0.2, 0.25) is 0 Å². The molecule has 2 aliphatic rings. The second-order valence-electron chi connectivity index (χ2n) is 5.54. The van der Waals surface area contributed by atoms with Crippen molar-refractivity contribution < 1.29 is 9.53 Å². The van der Waals surface area contributed by atoms with Crippen LogP contribution in [0.4, 0.5) is 0 Å². The first-order chi connectivity index (χ1) is 8.74. The Morgan fingerprint density at radius 2 is 2.22 bits per heavy atom. The minimum absolute atomic E-state index is 0.00527. The third-order valence-electron chi connectivity index (χ3n) is 4.55. The van der Waals surface area contributed by atoms with Crippen LogP contribution in [0.5, 0.6) is 0 Å². The molecule has 0 spiro atoms. The third-order valence-corrected chi connectivity index (χ3v) is 4.55. The second kappa shape index (κ2) is 4.39. The predicted octanol–water partition coefficient (Wildman–Crippen LogP) is 2.07. The molecule has 3 rings (SSSR count). The minimum atomic E-state index is -0.191. The van der Waals surface area contributed by atoms with E-state index in [-0.39, 0.29) is 11.4 Å². The van der Waals surface area contributed by atoms with Gasteiger partial charge in [-0.3, -0.25) is 9.69 Å². The molecule has 3 nitrogen and oxygen atoms in total. The lowest BCUT2D eigenvalue weighted by Crippen LogP contribution is -2.47. The van der Waals surface area contributed by atoms with Gasteiger partial charge in [0.25, 0.3) is 0 Å². The standard InChI is InChI=1S/C15H19NO2/c1-18-14(17)15-8-7-13(15)10-16(11-15)9-12-5-3-2-4-6-12/h2-6,13H,7-11H2,1H3/t13-,15-/m1/s1. The maximum Gasteiger partial charge on any atom is 0.313 e. The summed E-state index contributed by atoms with van der Waals surface area (Å²) in [5, 5.41) is 0. The van der Waals surface area contributed by atoms with Crippen molar-refractivity contribution in [1.82, 2.24) is 4.90 Å². The highest BCUT2D eigenvalue weighted by atomic mass is 16.5. The van der Waals surface area contributed by atoms with Gasteiger partial charge in [0.15, 0.2) is 0 Å². The van der Waals surface area contributed by atoms with Crippen molar-refractivity contribution in [3.63, 3.8) is 0 Å². The molecule has 0 aromatic heterocycles. The van der Waals surface area contributed by atoms with Crippen LogP contribution in [0.15, 0.2) is 30.3 Å². The molecule has 2 fully saturated rings. The summed E-state index contributed by atoms with van der Waals surface area (Å²) in [7, 11) is 1.51. The average molecular weight is 245 g/mol. The maximum atomic E-state index is 11.9. The van der Waals surface area contributed by atoms with Crippen LogP contribution in [0.25, 0.3) is 0 Å². The number of fused-ring (bicyclic) bond motifs is 1. The van der Waals surface area contributed by atoms with E-state index >= 15 is 0 Å². The first kappa shape index (κ1) is 11.7. The summed E-state index contributed by atoms with van der Waals surface area (Å²) in [6, 6.07) is 10.5. The normalized spacial score (nSPS) is 30.6. The monoisotopic (exact) mass is 245 g/mol. The van der Waals surface area contributed by atoms with Crippen molar-refractivity contribution in [1.29, 1.82) is 0 Å². The lowest BCUT2D eigenvalue weighted by molar-refractivity contribution is -0.160. The summed E-state index contributed by atoms with van der Waals surface area (Å²) in [4.78, 5) is 14.3. The number of benzene rings is 1. The SMILES string of the molecule is COC(=O)[C@@]12CC[C@@H]1CN(Cc1ccccc1)C2. The van der Waals surface area contributed by atoms with Crippen molar-refractivity contribution >= 4 is 5.97 Å². The lowest BCUT2D eigenvalue weighted by Gasteiger charge is -2.40. The second-order valence-corrected chi connectivity index (χ2v) is 5.54. The Morgan fingerprint density at radius 3 is 2.83 bits per heavy atom. The van der Waals surface area contributed by atoms with Crippen LogP contribution in [0.2, 0.25) is 0 Å². The highest BCUT2D eigenvalue weighted by Crippen LogP contribution is 2.52. The summed E-state index contributed by atoms with van der Waals surface area (Å²) < 4.78 is 4.99. The molecule has 0 radical (unpaired) electrons. The number of rotatable bonds is 3. The fourth-order valence-corrected chi connectivity index (χ4v) is 3.44. The number of hydrogen-bond donors (Lipinski definition) is 0. The van der Waals surface area contributed by atoms with E-state index in [1.54, 1.807) is 0 Å². The Labute approximate surface area is 108 Å². The van der Waals surface area contributed by atoms with Crippen molar-refractivity contribution in [3.8, 4) is 0 Å². The van der Waals surface area contributed by atoms with Gasteiger partial charge < -0.3 is 4.74 Å². The van der Waals surface area contributed by atoms with E-state index in [2.05, 4.69) is 29.2 Å². The van der Waals surface area contributed by atoms with Gasteiger partial charge >= 0.3 is 5.97 Å². The van der Waals surface area contributed by atoms with E-state index in [1.165, 1.54) is 19.1 Å². The molecule has 0 amide bonds. The molecule has 1 heterocycles. The van der Waals surface area contributed by atoms with E-state index in [4.69, 9.17) is 4.74 Å². The van der Waals surface area contributed by atoms with E-state index in [9.17, 15) is 4.79 Å². The van der Waals surface area contributed by atoms with Gasteiger partial charge in [-0.05, 0) is 24.3 Å². The van der Waals surface area contributed by atoms with Gasteiger partial charge in [-0.15, -0.1) is 0 Å². The van der Waals surface area contributed by atoms with Crippen molar-refractivity contribution in [2.45, 2.75) is 19.4 Å². The molecule has 0 unspecified atom stereocenters. The molecular formula is C15H19NO2. The molecule has 1 saturated carbocycles. The summed E-state index contributed by atoms with van der Waals surface area (Å²) in [6.45, 7) is 2.83. The van der Waals surface area contributed by atoms with Gasteiger partial charge in [0, 0.05) is 19.6 Å². The van der Waals surface area contributed by atoms with Crippen LogP contribution in [0.1, 0.15) is 18.4 Å². The Bertz CT molecular complexity index is 445. The maximum absolute atomic E-state index is 11.9. The molecule has 1 aliphatic heterocycles. The van der Waals surface area contributed by atoms with Crippen LogP contribution >= 0.6 is 0 Å². The number of carbonyl (C=O) groups is 1. The topological polar surface area (TPSA) is 29.5 Å². The molecule has 18 heavy (non-hydrogen) atoms. The van der Waals surface area contributed by atoms with Gasteiger partial charge in [-0.2, -0.15) is 0 Å². The Kier molecular flexibility index (Phi) is 2.86. The number of esters is 1. The molecule has 1 aromatic carbocycles. The van der Waals surface area contributed by atoms with E-state index in [0.717, 1.165) is 26.1 Å². The quantitative estimate of drug-likeness (QED) is 0.764. The summed E-state index contributed by atoms with van der Waals surface area (Å²) in [6.07, 6.45) is 2.16. The zero-order valence-corrected chi connectivity index (χ0v) is 10.8. The minimum Gasteiger partial charge on any atom is -0.469 e. The van der Waals surface area contributed by atoms with Gasteiger partial charge in [-0.25, -0.2) is 0 Å². The fraction of sp³-hybridized carbons (Fsp3) is 0.533. The fourth-order valence-electron chi connectivity index (χ4n) is 3.44. The average Bonchev–Trinajstić information content (AvgIpc) is 2.63. The summed E-state index contributed by atoms with van der Waals surface area (Å²) >= 11 is 0. The Balaban J connectivity index is 1.70. The number of hydrogen-bond acceptors (Lipinski definition) is 3. The first-order valence-corrected chi connectivity index (χ1v) is 6.59. The largest absolute Gasteiger partial charge is 0.469 e. The first-order valence-electron chi connectivity index (χ1n) is 6.59. The molecule has 0 bridgehead atoms. The predicted molar refractivity (Wildman–Crippen MR) is 68.9 cm³/mol. The van der Waals surface area contributed by atoms with E-state index in [1.807, 2.05) is 6.07 Å². The number of likely N-dealkylation sites (tertiary alicyclic amines) is 1. The zero-order valence-electron chi connectivity index (χ0n) is 10.8. The number of nitrogens with zero attached hydrogens (tertiary/aromatic N) is 1.